The summed E-state index contributed by atoms with van der Waals surface area (Å²) < 4.78 is 96.9. The Hall–Kier alpha value is -2.65. The van der Waals surface area contributed by atoms with Crippen LogP contribution in [0.5, 0.6) is 11.5 Å². The number of anilines is 2. The first-order chi connectivity index (χ1) is 11.4. The van der Waals surface area contributed by atoms with E-state index in [9.17, 15) is 30.7 Å². The van der Waals surface area contributed by atoms with Crippen molar-refractivity contribution in [2.24, 2.45) is 0 Å². The van der Waals surface area contributed by atoms with Crippen LogP contribution in [0.4, 0.5) is 42.1 Å². The average Bonchev–Trinajstić information content (AvgIpc) is 2.50. The normalized spacial score (nSPS) is 12.9. The number of benzene rings is 2. The Morgan fingerprint density at radius 3 is 1.76 bits per heavy atom. The Morgan fingerprint density at radius 2 is 1.24 bits per heavy atom. The van der Waals surface area contributed by atoms with E-state index in [-0.39, 0.29) is 5.75 Å². The molecule has 0 amide bonds. The molecule has 0 saturated carbocycles. The molecule has 0 aliphatic rings. The molecule has 0 aliphatic heterocycles. The van der Waals surface area contributed by atoms with Gasteiger partial charge >= 0.3 is 18.0 Å². The molecule has 0 bridgehead atoms. The number of halogens is 7. The SMILES string of the molecule is Nc1ccc(Oc2ccc(N)cc2C(F)(F)C(F)(F)C(F)(F)F)cc1. The van der Waals surface area contributed by atoms with Crippen LogP contribution in [-0.4, -0.2) is 12.1 Å². The van der Waals surface area contributed by atoms with Gasteiger partial charge in [-0.1, -0.05) is 0 Å². The van der Waals surface area contributed by atoms with Gasteiger partial charge in [-0.3, -0.25) is 0 Å². The Morgan fingerprint density at radius 1 is 0.720 bits per heavy atom. The third kappa shape index (κ3) is 3.42. The molecule has 0 aromatic heterocycles. The van der Waals surface area contributed by atoms with Gasteiger partial charge in [0.15, 0.2) is 0 Å². The highest BCUT2D eigenvalue weighted by atomic mass is 19.4. The molecule has 2 rings (SSSR count). The molecule has 0 saturated heterocycles. The lowest BCUT2D eigenvalue weighted by Crippen LogP contribution is -2.50. The molecule has 10 heteroatoms. The highest BCUT2D eigenvalue weighted by molar-refractivity contribution is 5.52. The lowest BCUT2D eigenvalue weighted by molar-refractivity contribution is -0.359. The van der Waals surface area contributed by atoms with Gasteiger partial charge in [-0.05, 0) is 42.5 Å². The standard InChI is InChI=1S/C15H11F7N2O/c16-13(17,14(18,19)15(20,21)22)11-7-9(24)3-6-12(11)25-10-4-1-8(23)2-5-10/h1-7H,23-24H2. The van der Waals surface area contributed by atoms with Crippen LogP contribution in [0.25, 0.3) is 0 Å². The van der Waals surface area contributed by atoms with Crippen molar-refractivity contribution in [2.75, 3.05) is 11.5 Å². The van der Waals surface area contributed by atoms with Crippen LogP contribution in [0.2, 0.25) is 0 Å². The molecular formula is C15H11F7N2O. The molecule has 0 aliphatic carbocycles. The monoisotopic (exact) mass is 368 g/mol. The van der Waals surface area contributed by atoms with Gasteiger partial charge in [0.2, 0.25) is 0 Å². The fourth-order valence-electron chi connectivity index (χ4n) is 1.89. The minimum Gasteiger partial charge on any atom is -0.457 e. The van der Waals surface area contributed by atoms with E-state index in [0.29, 0.717) is 11.8 Å². The fraction of sp³-hybridized carbons (Fsp3) is 0.200. The maximum atomic E-state index is 14.0. The molecule has 0 atom stereocenters. The zero-order valence-corrected chi connectivity index (χ0v) is 12.3. The molecule has 2 aromatic rings. The molecular weight excluding hydrogens is 357 g/mol. The second-order valence-corrected chi connectivity index (χ2v) is 5.07. The van der Waals surface area contributed by atoms with Crippen LogP contribution in [0.3, 0.4) is 0 Å². The predicted octanol–water partition coefficient (Wildman–Crippen LogP) is 4.93. The Kier molecular flexibility index (Phi) is 4.49. The maximum absolute atomic E-state index is 14.0. The van der Waals surface area contributed by atoms with Crippen molar-refractivity contribution in [3.63, 3.8) is 0 Å². The summed E-state index contributed by atoms with van der Waals surface area (Å²) in [5.74, 6) is -12.9. The van der Waals surface area contributed by atoms with Crippen LogP contribution < -0.4 is 16.2 Å². The van der Waals surface area contributed by atoms with E-state index in [2.05, 4.69) is 0 Å². The lowest BCUT2D eigenvalue weighted by atomic mass is 10.00. The molecule has 0 heterocycles. The van der Waals surface area contributed by atoms with Crippen LogP contribution in [0.1, 0.15) is 5.56 Å². The first kappa shape index (κ1) is 18.7. The Labute approximate surface area is 137 Å². The lowest BCUT2D eigenvalue weighted by Gasteiger charge is -2.29. The first-order valence-electron chi connectivity index (χ1n) is 6.62. The van der Waals surface area contributed by atoms with Crippen molar-refractivity contribution < 1.29 is 35.5 Å². The molecule has 0 fully saturated rings. The minimum atomic E-state index is -6.47. The van der Waals surface area contributed by atoms with E-state index in [1.54, 1.807) is 0 Å². The van der Waals surface area contributed by atoms with E-state index >= 15 is 0 Å². The van der Waals surface area contributed by atoms with E-state index in [0.717, 1.165) is 12.1 Å². The summed E-state index contributed by atoms with van der Waals surface area (Å²) >= 11 is 0. The second-order valence-electron chi connectivity index (χ2n) is 5.07. The highest BCUT2D eigenvalue weighted by Crippen LogP contribution is 2.54. The first-order valence-corrected chi connectivity index (χ1v) is 6.62. The number of nitrogens with two attached hydrogens (primary N) is 2. The summed E-state index contributed by atoms with van der Waals surface area (Å²) in [4.78, 5) is 0. The molecule has 25 heavy (non-hydrogen) atoms. The summed E-state index contributed by atoms with van der Waals surface area (Å²) in [6.45, 7) is 0. The predicted molar refractivity (Wildman–Crippen MR) is 76.7 cm³/mol. The van der Waals surface area contributed by atoms with Crippen molar-refractivity contribution in [1.82, 2.24) is 0 Å². The molecule has 0 radical (unpaired) electrons. The van der Waals surface area contributed by atoms with Gasteiger partial charge in [0.1, 0.15) is 11.5 Å². The highest BCUT2D eigenvalue weighted by Gasteiger charge is 2.74. The minimum absolute atomic E-state index is 0.0913. The number of alkyl halides is 7. The topological polar surface area (TPSA) is 61.3 Å². The van der Waals surface area contributed by atoms with Gasteiger partial charge in [0.05, 0.1) is 5.56 Å². The second kappa shape index (κ2) is 6.01. The van der Waals surface area contributed by atoms with E-state index in [1.165, 1.54) is 24.3 Å². The number of hydrogen-bond acceptors (Lipinski definition) is 3. The molecule has 0 spiro atoms. The summed E-state index contributed by atoms with van der Waals surface area (Å²) in [5.41, 5.74) is 8.87. The summed E-state index contributed by atoms with van der Waals surface area (Å²) in [5, 5.41) is 0. The van der Waals surface area contributed by atoms with E-state index in [4.69, 9.17) is 16.2 Å². The van der Waals surface area contributed by atoms with E-state index < -0.39 is 35.0 Å². The van der Waals surface area contributed by atoms with Gasteiger partial charge < -0.3 is 16.2 Å². The van der Waals surface area contributed by atoms with Crippen molar-refractivity contribution in [1.29, 1.82) is 0 Å². The number of hydrogen-bond donors (Lipinski definition) is 2. The third-order valence-electron chi connectivity index (χ3n) is 3.20. The van der Waals surface area contributed by atoms with Gasteiger partial charge in [0.25, 0.3) is 0 Å². The smallest absolute Gasteiger partial charge is 0.457 e. The largest absolute Gasteiger partial charge is 0.460 e. The van der Waals surface area contributed by atoms with Crippen molar-refractivity contribution in [3.05, 3.63) is 48.0 Å². The number of ether oxygens (including phenoxy) is 1. The van der Waals surface area contributed by atoms with Crippen molar-refractivity contribution in [3.8, 4) is 11.5 Å². The summed E-state index contributed by atoms with van der Waals surface area (Å²) in [6, 6.07) is 7.24. The van der Waals surface area contributed by atoms with Crippen molar-refractivity contribution in [2.45, 2.75) is 18.0 Å². The van der Waals surface area contributed by atoms with Crippen LogP contribution in [0.15, 0.2) is 42.5 Å². The Bertz CT molecular complexity index is 757. The number of nitrogen functional groups attached to an aromatic ring is 2. The Balaban J connectivity index is 2.53. The zero-order valence-electron chi connectivity index (χ0n) is 12.3. The molecule has 3 nitrogen and oxygen atoms in total. The molecule has 0 unspecified atom stereocenters. The van der Waals surface area contributed by atoms with Gasteiger partial charge in [-0.15, -0.1) is 0 Å². The van der Waals surface area contributed by atoms with Gasteiger partial charge in [0, 0.05) is 11.4 Å². The van der Waals surface area contributed by atoms with Crippen LogP contribution >= 0.6 is 0 Å². The van der Waals surface area contributed by atoms with Gasteiger partial charge in [-0.2, -0.15) is 30.7 Å². The zero-order chi connectivity index (χ0) is 19.0. The average molecular weight is 368 g/mol. The molecule has 2 aromatic carbocycles. The third-order valence-corrected chi connectivity index (χ3v) is 3.20. The maximum Gasteiger partial charge on any atom is 0.460 e. The molecule has 4 N–H and O–H groups in total. The quantitative estimate of drug-likeness (QED) is 0.594. The molecule has 136 valence electrons. The fourth-order valence-corrected chi connectivity index (χ4v) is 1.89. The summed E-state index contributed by atoms with van der Waals surface area (Å²) in [6.07, 6.45) is -6.47. The van der Waals surface area contributed by atoms with E-state index in [1.807, 2.05) is 0 Å². The van der Waals surface area contributed by atoms with Crippen LogP contribution in [-0.2, 0) is 5.92 Å². The van der Waals surface area contributed by atoms with Gasteiger partial charge in [-0.25, -0.2) is 0 Å². The van der Waals surface area contributed by atoms with Crippen molar-refractivity contribution >= 4 is 11.4 Å². The summed E-state index contributed by atoms with van der Waals surface area (Å²) in [7, 11) is 0. The van der Waals surface area contributed by atoms with Crippen LogP contribution in [0, 0.1) is 0 Å². The number of rotatable bonds is 4.